The van der Waals surface area contributed by atoms with Gasteiger partial charge in [-0.1, -0.05) is 20.8 Å². The summed E-state index contributed by atoms with van der Waals surface area (Å²) < 4.78 is 11.8. The Morgan fingerprint density at radius 3 is 2.56 bits per heavy atom. The second-order valence-electron chi connectivity index (χ2n) is 8.99. The minimum Gasteiger partial charge on any atom is -0.491 e. The fourth-order valence-corrected chi connectivity index (χ4v) is 3.92. The molecule has 0 fully saturated rings. The lowest BCUT2D eigenvalue weighted by atomic mass is 10.0. The molecule has 0 radical (unpaired) electrons. The zero-order valence-electron chi connectivity index (χ0n) is 21.3. The van der Waals surface area contributed by atoms with Crippen molar-refractivity contribution in [3.05, 3.63) is 23.8 Å². The Bertz CT molecular complexity index is 847. The Morgan fingerprint density at radius 1 is 1.18 bits per heavy atom. The Balaban J connectivity index is 2.40. The van der Waals surface area contributed by atoms with Crippen LogP contribution >= 0.6 is 0 Å². The van der Waals surface area contributed by atoms with Crippen LogP contribution in [0.3, 0.4) is 0 Å². The van der Waals surface area contributed by atoms with E-state index >= 15 is 0 Å². The summed E-state index contributed by atoms with van der Waals surface area (Å²) in [5, 5.41) is 5.80. The van der Waals surface area contributed by atoms with Crippen molar-refractivity contribution in [2.75, 3.05) is 45.7 Å². The summed E-state index contributed by atoms with van der Waals surface area (Å²) in [4.78, 5) is 41.7. The van der Waals surface area contributed by atoms with Crippen LogP contribution in [0.5, 0.6) is 5.75 Å². The Kier molecular flexibility index (Phi) is 10.6. The van der Waals surface area contributed by atoms with Gasteiger partial charge in [0.25, 0.3) is 5.91 Å². The van der Waals surface area contributed by atoms with Gasteiger partial charge in [0.05, 0.1) is 17.7 Å². The third kappa shape index (κ3) is 7.35. The zero-order chi connectivity index (χ0) is 25.3. The lowest BCUT2D eigenvalue weighted by molar-refractivity contribution is -0.116. The van der Waals surface area contributed by atoms with Crippen LogP contribution in [0.2, 0.25) is 0 Å². The van der Waals surface area contributed by atoms with E-state index in [1.807, 2.05) is 27.7 Å². The molecule has 4 amide bonds. The molecule has 0 saturated carbocycles. The molecule has 2 rings (SSSR count). The summed E-state index contributed by atoms with van der Waals surface area (Å²) in [5.74, 6) is 0.0666. The molecule has 190 valence electrons. The molecule has 1 heterocycles. The first-order valence-electron chi connectivity index (χ1n) is 12.1. The van der Waals surface area contributed by atoms with Crippen LogP contribution in [0.4, 0.5) is 10.5 Å². The summed E-state index contributed by atoms with van der Waals surface area (Å²) in [6.45, 7) is 9.52. The van der Waals surface area contributed by atoms with Gasteiger partial charge in [-0.15, -0.1) is 0 Å². The van der Waals surface area contributed by atoms with Crippen LogP contribution in [-0.2, 0) is 9.53 Å². The van der Waals surface area contributed by atoms with E-state index in [1.165, 1.54) is 0 Å². The molecule has 1 aromatic rings. The highest BCUT2D eigenvalue weighted by Crippen LogP contribution is 2.26. The van der Waals surface area contributed by atoms with Gasteiger partial charge in [0, 0.05) is 51.8 Å². The fourth-order valence-electron chi connectivity index (χ4n) is 3.92. The molecule has 3 atom stereocenters. The summed E-state index contributed by atoms with van der Waals surface area (Å²) in [7, 11) is 3.34. The summed E-state index contributed by atoms with van der Waals surface area (Å²) in [5.41, 5.74) is 0.897. The maximum absolute atomic E-state index is 13.4. The number of likely N-dealkylation sites (N-methyl/N-ethyl adjacent to an activating group) is 1. The topological polar surface area (TPSA) is 100 Å². The van der Waals surface area contributed by atoms with Crippen LogP contribution < -0.4 is 15.4 Å². The van der Waals surface area contributed by atoms with E-state index < -0.39 is 0 Å². The number of carbonyl (C=O) groups excluding carboxylic acids is 3. The minimum absolute atomic E-state index is 0.0198. The van der Waals surface area contributed by atoms with Crippen LogP contribution in [0.1, 0.15) is 57.3 Å². The van der Waals surface area contributed by atoms with Gasteiger partial charge in [0.1, 0.15) is 12.4 Å². The van der Waals surface area contributed by atoms with Crippen LogP contribution in [0, 0.1) is 5.92 Å². The number of fused-ring (bicyclic) bond motifs is 1. The van der Waals surface area contributed by atoms with Gasteiger partial charge in [0.15, 0.2) is 0 Å². The largest absolute Gasteiger partial charge is 0.491 e. The Morgan fingerprint density at radius 2 is 1.91 bits per heavy atom. The van der Waals surface area contributed by atoms with Crippen molar-refractivity contribution in [1.82, 2.24) is 15.1 Å². The predicted octanol–water partition coefficient (Wildman–Crippen LogP) is 3.35. The first kappa shape index (κ1) is 27.4. The first-order chi connectivity index (χ1) is 16.2. The normalized spacial score (nSPS) is 21.6. The third-order valence-corrected chi connectivity index (χ3v) is 5.99. The molecule has 1 aliphatic rings. The number of hydrogen-bond acceptors (Lipinski definition) is 5. The SMILES string of the molecule is CCCNC(=O)N1C[C@H](C)[C@@H](OC)CN(C)C(=O)c2cc(NC(=O)CCC)ccc2OC[C@@H]1C. The van der Waals surface area contributed by atoms with Crippen molar-refractivity contribution in [2.24, 2.45) is 5.92 Å². The lowest BCUT2D eigenvalue weighted by Crippen LogP contribution is -2.51. The van der Waals surface area contributed by atoms with Crippen molar-refractivity contribution in [1.29, 1.82) is 0 Å². The second-order valence-corrected chi connectivity index (χ2v) is 8.99. The molecule has 0 aliphatic carbocycles. The average molecular weight is 477 g/mol. The molecule has 0 bridgehead atoms. The number of nitrogens with zero attached hydrogens (tertiary/aromatic N) is 2. The zero-order valence-corrected chi connectivity index (χ0v) is 21.3. The molecule has 9 heteroatoms. The van der Waals surface area contributed by atoms with Crippen molar-refractivity contribution in [3.8, 4) is 5.75 Å². The predicted molar refractivity (Wildman–Crippen MR) is 132 cm³/mol. The maximum atomic E-state index is 13.4. The van der Waals surface area contributed by atoms with Gasteiger partial charge in [-0.2, -0.15) is 0 Å². The molecule has 1 aliphatic heterocycles. The van der Waals surface area contributed by atoms with Gasteiger partial charge in [-0.05, 0) is 38.0 Å². The highest BCUT2D eigenvalue weighted by Gasteiger charge is 2.30. The fraction of sp³-hybridized carbons (Fsp3) is 0.640. The molecular weight excluding hydrogens is 436 g/mol. The van der Waals surface area contributed by atoms with E-state index in [0.717, 1.165) is 12.8 Å². The second kappa shape index (κ2) is 13.2. The Hall–Kier alpha value is -2.81. The van der Waals surface area contributed by atoms with E-state index in [-0.39, 0.29) is 42.5 Å². The highest BCUT2D eigenvalue weighted by molar-refractivity contribution is 5.99. The summed E-state index contributed by atoms with van der Waals surface area (Å²) >= 11 is 0. The van der Waals surface area contributed by atoms with Gasteiger partial charge in [-0.3, -0.25) is 9.59 Å². The van der Waals surface area contributed by atoms with Crippen LogP contribution in [-0.4, -0.2) is 80.2 Å². The molecule has 9 nitrogen and oxygen atoms in total. The van der Waals surface area contributed by atoms with E-state index in [9.17, 15) is 14.4 Å². The Labute approximate surface area is 203 Å². The van der Waals surface area contributed by atoms with E-state index in [4.69, 9.17) is 9.47 Å². The molecule has 0 aromatic heterocycles. The van der Waals surface area contributed by atoms with Gasteiger partial charge < -0.3 is 29.9 Å². The minimum atomic E-state index is -0.265. The highest BCUT2D eigenvalue weighted by atomic mass is 16.5. The number of ether oxygens (including phenoxy) is 2. The average Bonchev–Trinajstić information content (AvgIpc) is 2.81. The number of hydrogen-bond donors (Lipinski definition) is 2. The number of urea groups is 1. The summed E-state index contributed by atoms with van der Waals surface area (Å²) in [6.07, 6.45) is 1.72. The number of amides is 4. The molecule has 2 N–H and O–H groups in total. The molecule has 0 spiro atoms. The van der Waals surface area contributed by atoms with E-state index in [2.05, 4.69) is 10.6 Å². The quantitative estimate of drug-likeness (QED) is 0.656. The standard InChI is InChI=1S/C25H40N4O5/c1-7-9-23(30)27-19-10-11-21-20(13-19)24(31)28(5)15-22(33-6)17(3)14-29(18(4)16-34-21)25(32)26-12-8-2/h10-11,13,17-18,22H,7-9,12,14-16H2,1-6H3,(H,26,32)(H,27,30)/t17-,18-,22-/m0/s1. The van der Waals surface area contributed by atoms with Crippen molar-refractivity contribution >= 4 is 23.5 Å². The number of nitrogens with one attached hydrogen (secondary N) is 2. The van der Waals surface area contributed by atoms with Gasteiger partial charge >= 0.3 is 6.03 Å². The third-order valence-electron chi connectivity index (χ3n) is 5.99. The molecule has 0 unspecified atom stereocenters. The molecule has 0 saturated heterocycles. The number of carbonyl (C=O) groups is 3. The lowest BCUT2D eigenvalue weighted by Gasteiger charge is -2.36. The van der Waals surface area contributed by atoms with Crippen molar-refractivity contribution < 1.29 is 23.9 Å². The van der Waals surface area contributed by atoms with Gasteiger partial charge in [0.2, 0.25) is 5.91 Å². The molecular formula is C25H40N4O5. The van der Waals surface area contributed by atoms with Crippen LogP contribution in [0.25, 0.3) is 0 Å². The van der Waals surface area contributed by atoms with Crippen molar-refractivity contribution in [3.63, 3.8) is 0 Å². The van der Waals surface area contributed by atoms with Crippen LogP contribution in [0.15, 0.2) is 18.2 Å². The molecule has 34 heavy (non-hydrogen) atoms. The monoisotopic (exact) mass is 476 g/mol. The van der Waals surface area contributed by atoms with E-state index in [0.29, 0.717) is 43.1 Å². The number of benzene rings is 1. The smallest absolute Gasteiger partial charge is 0.317 e. The maximum Gasteiger partial charge on any atom is 0.317 e. The first-order valence-corrected chi connectivity index (χ1v) is 12.1. The van der Waals surface area contributed by atoms with E-state index in [1.54, 1.807) is 42.2 Å². The van der Waals surface area contributed by atoms with Crippen molar-refractivity contribution in [2.45, 2.75) is 59.1 Å². The molecule has 1 aromatic carbocycles. The number of anilines is 1. The summed E-state index contributed by atoms with van der Waals surface area (Å²) in [6, 6.07) is 4.69. The number of rotatable bonds is 6. The number of methoxy groups -OCH3 is 1. The van der Waals surface area contributed by atoms with Gasteiger partial charge in [-0.25, -0.2) is 4.79 Å².